The highest BCUT2D eigenvalue weighted by Gasteiger charge is 2.34. The maximum absolute atomic E-state index is 9.79. The van der Waals surface area contributed by atoms with E-state index in [1.807, 2.05) is 0 Å². The maximum atomic E-state index is 9.79. The number of nitrogens with zero attached hydrogens (tertiary/aromatic N) is 1. The van der Waals surface area contributed by atoms with E-state index in [2.05, 4.69) is 32.6 Å². The predicted octanol–water partition coefficient (Wildman–Crippen LogP) is 2.51. The molecule has 0 saturated heterocycles. The predicted molar refractivity (Wildman–Crippen MR) is 64.9 cm³/mol. The number of aliphatic hydroxyl groups excluding tert-OH is 1. The van der Waals surface area contributed by atoms with Gasteiger partial charge < -0.3 is 10.0 Å². The number of hydrogen-bond donors (Lipinski definition) is 1. The Bertz CT molecular complexity index is 177. The van der Waals surface area contributed by atoms with Crippen molar-refractivity contribution < 1.29 is 5.11 Å². The molecule has 0 aromatic rings. The Morgan fingerprint density at radius 1 is 1.20 bits per heavy atom. The summed E-state index contributed by atoms with van der Waals surface area (Å²) in [6.45, 7) is 11.3. The van der Waals surface area contributed by atoms with Gasteiger partial charge in [-0.1, -0.05) is 27.7 Å². The smallest absolute Gasteiger partial charge is 0.0555 e. The van der Waals surface area contributed by atoms with Crippen molar-refractivity contribution >= 4 is 0 Å². The number of hydrogen-bond acceptors (Lipinski definition) is 2. The Kier molecular flexibility index (Phi) is 5.07. The van der Waals surface area contributed by atoms with Crippen LogP contribution < -0.4 is 0 Å². The van der Waals surface area contributed by atoms with Gasteiger partial charge in [0.1, 0.15) is 0 Å². The fraction of sp³-hybridized carbons (Fsp3) is 1.00. The lowest BCUT2D eigenvalue weighted by atomic mass is 9.76. The van der Waals surface area contributed by atoms with Crippen LogP contribution in [0.15, 0.2) is 0 Å². The highest BCUT2D eigenvalue weighted by atomic mass is 16.3. The summed E-state index contributed by atoms with van der Waals surface area (Å²) in [5, 5.41) is 9.79. The van der Waals surface area contributed by atoms with Gasteiger partial charge in [0.2, 0.25) is 0 Å². The van der Waals surface area contributed by atoms with E-state index in [1.165, 1.54) is 6.42 Å². The first-order valence-corrected chi connectivity index (χ1v) is 6.52. The van der Waals surface area contributed by atoms with Crippen molar-refractivity contribution in [2.24, 2.45) is 11.8 Å². The third-order valence-corrected chi connectivity index (χ3v) is 3.98. The number of aliphatic hydroxyl groups is 1. The van der Waals surface area contributed by atoms with Crippen LogP contribution >= 0.6 is 0 Å². The molecule has 1 fully saturated rings. The van der Waals surface area contributed by atoms with Crippen molar-refractivity contribution in [1.29, 1.82) is 0 Å². The van der Waals surface area contributed by atoms with Crippen LogP contribution in [0.25, 0.3) is 0 Å². The van der Waals surface area contributed by atoms with E-state index in [1.54, 1.807) is 0 Å². The minimum absolute atomic E-state index is 0.0643. The maximum Gasteiger partial charge on any atom is 0.0555 e. The first-order chi connectivity index (χ1) is 7.10. The van der Waals surface area contributed by atoms with Crippen LogP contribution in [0.2, 0.25) is 0 Å². The van der Waals surface area contributed by atoms with Gasteiger partial charge in [0.15, 0.2) is 0 Å². The standard InChI is InChI=1S/C13H27NO/c1-5-14(6-2)13-9-11(15)7-8-12(13)10(3)4/h10-13,15H,5-9H2,1-4H3. The molecule has 0 amide bonds. The third kappa shape index (κ3) is 3.18. The van der Waals surface area contributed by atoms with Crippen molar-refractivity contribution in [2.75, 3.05) is 13.1 Å². The molecular weight excluding hydrogens is 186 g/mol. The second-order valence-electron chi connectivity index (χ2n) is 5.16. The van der Waals surface area contributed by atoms with Crippen molar-refractivity contribution in [1.82, 2.24) is 4.90 Å². The minimum Gasteiger partial charge on any atom is -0.393 e. The Hall–Kier alpha value is -0.0800. The molecule has 0 aliphatic heterocycles. The van der Waals surface area contributed by atoms with Gasteiger partial charge in [-0.3, -0.25) is 0 Å². The summed E-state index contributed by atoms with van der Waals surface area (Å²) in [5.74, 6) is 1.51. The molecule has 2 heteroatoms. The highest BCUT2D eigenvalue weighted by molar-refractivity contribution is 4.87. The molecule has 0 bridgehead atoms. The summed E-state index contributed by atoms with van der Waals surface area (Å²) in [6.07, 6.45) is 3.11. The normalized spacial score (nSPS) is 32.6. The van der Waals surface area contributed by atoms with Gasteiger partial charge in [0, 0.05) is 6.04 Å². The molecule has 3 atom stereocenters. The summed E-state index contributed by atoms with van der Waals surface area (Å²) >= 11 is 0. The lowest BCUT2D eigenvalue weighted by molar-refractivity contribution is 0.0158. The molecule has 0 radical (unpaired) electrons. The Balaban J connectivity index is 2.68. The average Bonchev–Trinajstić information content (AvgIpc) is 2.19. The molecule has 3 unspecified atom stereocenters. The van der Waals surface area contributed by atoms with E-state index in [4.69, 9.17) is 0 Å². The van der Waals surface area contributed by atoms with Gasteiger partial charge >= 0.3 is 0 Å². The van der Waals surface area contributed by atoms with Gasteiger partial charge in [-0.15, -0.1) is 0 Å². The van der Waals surface area contributed by atoms with Gasteiger partial charge in [0.05, 0.1) is 6.10 Å². The van der Waals surface area contributed by atoms with Crippen LogP contribution in [0.5, 0.6) is 0 Å². The van der Waals surface area contributed by atoms with E-state index < -0.39 is 0 Å². The minimum atomic E-state index is -0.0643. The average molecular weight is 213 g/mol. The molecule has 1 aliphatic rings. The number of rotatable bonds is 4. The van der Waals surface area contributed by atoms with Gasteiger partial charge in [-0.05, 0) is 44.2 Å². The Morgan fingerprint density at radius 2 is 1.80 bits per heavy atom. The summed E-state index contributed by atoms with van der Waals surface area (Å²) < 4.78 is 0. The van der Waals surface area contributed by atoms with E-state index in [-0.39, 0.29) is 6.10 Å². The van der Waals surface area contributed by atoms with Crippen molar-refractivity contribution in [2.45, 2.75) is 59.1 Å². The molecule has 0 aromatic heterocycles. The van der Waals surface area contributed by atoms with Crippen LogP contribution in [0.4, 0.5) is 0 Å². The van der Waals surface area contributed by atoms with Crippen LogP contribution in [0.3, 0.4) is 0 Å². The van der Waals surface area contributed by atoms with Crippen LogP contribution in [-0.4, -0.2) is 35.2 Å². The summed E-state index contributed by atoms with van der Waals surface area (Å²) in [6, 6.07) is 0.601. The lowest BCUT2D eigenvalue weighted by Crippen LogP contribution is -2.47. The molecule has 2 nitrogen and oxygen atoms in total. The Morgan fingerprint density at radius 3 is 2.27 bits per heavy atom. The second-order valence-corrected chi connectivity index (χ2v) is 5.16. The zero-order chi connectivity index (χ0) is 11.4. The van der Waals surface area contributed by atoms with Crippen LogP contribution in [0.1, 0.15) is 47.0 Å². The highest BCUT2D eigenvalue weighted by Crippen LogP contribution is 2.33. The summed E-state index contributed by atoms with van der Waals surface area (Å²) in [5.41, 5.74) is 0. The molecule has 15 heavy (non-hydrogen) atoms. The zero-order valence-corrected chi connectivity index (χ0v) is 10.7. The largest absolute Gasteiger partial charge is 0.393 e. The van der Waals surface area contributed by atoms with E-state index in [0.29, 0.717) is 6.04 Å². The van der Waals surface area contributed by atoms with E-state index >= 15 is 0 Å². The van der Waals surface area contributed by atoms with Gasteiger partial charge in [-0.2, -0.15) is 0 Å². The molecular formula is C13H27NO. The van der Waals surface area contributed by atoms with Crippen molar-refractivity contribution in [3.8, 4) is 0 Å². The molecule has 90 valence electrons. The molecule has 0 heterocycles. The molecule has 1 N–H and O–H groups in total. The first kappa shape index (κ1) is 13.0. The summed E-state index contributed by atoms with van der Waals surface area (Å²) in [4.78, 5) is 2.52. The molecule has 1 saturated carbocycles. The molecule has 0 aromatic carbocycles. The second kappa shape index (κ2) is 5.86. The molecule has 1 rings (SSSR count). The summed E-state index contributed by atoms with van der Waals surface area (Å²) in [7, 11) is 0. The SMILES string of the molecule is CCN(CC)C1CC(O)CCC1C(C)C. The van der Waals surface area contributed by atoms with Gasteiger partial charge in [0.25, 0.3) is 0 Å². The van der Waals surface area contributed by atoms with Crippen LogP contribution in [-0.2, 0) is 0 Å². The quantitative estimate of drug-likeness (QED) is 0.775. The van der Waals surface area contributed by atoms with Gasteiger partial charge in [-0.25, -0.2) is 0 Å². The third-order valence-electron chi connectivity index (χ3n) is 3.98. The molecule has 0 spiro atoms. The van der Waals surface area contributed by atoms with Crippen LogP contribution in [0, 0.1) is 11.8 Å². The Labute approximate surface area is 94.7 Å². The lowest BCUT2D eigenvalue weighted by Gasteiger charge is -2.42. The monoisotopic (exact) mass is 213 g/mol. The fourth-order valence-corrected chi connectivity index (χ4v) is 3.04. The first-order valence-electron chi connectivity index (χ1n) is 6.52. The zero-order valence-electron chi connectivity index (χ0n) is 10.7. The molecule has 1 aliphatic carbocycles. The van der Waals surface area contributed by atoms with E-state index in [9.17, 15) is 5.11 Å². The van der Waals surface area contributed by atoms with Crippen molar-refractivity contribution in [3.05, 3.63) is 0 Å². The fourth-order valence-electron chi connectivity index (χ4n) is 3.04. The van der Waals surface area contributed by atoms with E-state index in [0.717, 1.165) is 37.8 Å². The van der Waals surface area contributed by atoms with Crippen molar-refractivity contribution in [3.63, 3.8) is 0 Å². The topological polar surface area (TPSA) is 23.5 Å².